The predicted octanol–water partition coefficient (Wildman–Crippen LogP) is 3.23. The summed E-state index contributed by atoms with van der Waals surface area (Å²) in [6.45, 7) is 2.58. The third-order valence-electron chi connectivity index (χ3n) is 3.67. The molecule has 0 saturated heterocycles. The van der Waals surface area contributed by atoms with E-state index in [1.165, 1.54) is 0 Å². The number of hydrogen-bond acceptors (Lipinski definition) is 3. The van der Waals surface area contributed by atoms with Gasteiger partial charge in [0.05, 0.1) is 12.2 Å². The first kappa shape index (κ1) is 13.1. The third-order valence-corrected chi connectivity index (χ3v) is 3.67. The van der Waals surface area contributed by atoms with Gasteiger partial charge in [-0.3, -0.25) is 4.79 Å². The molecule has 1 aliphatic carbocycles. The third kappa shape index (κ3) is 2.72. The Balaban J connectivity index is 2.00. The Labute approximate surface area is 108 Å². The Hall–Kier alpha value is -1.35. The molecular formula is C15H20O3. The first-order valence-electron chi connectivity index (χ1n) is 6.50. The fourth-order valence-electron chi connectivity index (χ4n) is 2.32. The van der Waals surface area contributed by atoms with Crippen molar-refractivity contribution in [2.75, 3.05) is 13.7 Å². The van der Waals surface area contributed by atoms with Crippen molar-refractivity contribution in [1.29, 1.82) is 0 Å². The molecule has 98 valence electrons. The molecule has 0 bridgehead atoms. The Kier molecular flexibility index (Phi) is 4.02. The number of ketones is 1. The van der Waals surface area contributed by atoms with E-state index >= 15 is 0 Å². The van der Waals surface area contributed by atoms with Gasteiger partial charge in [-0.25, -0.2) is 0 Å². The predicted molar refractivity (Wildman–Crippen MR) is 70.1 cm³/mol. The van der Waals surface area contributed by atoms with Crippen molar-refractivity contribution in [3.8, 4) is 5.75 Å². The van der Waals surface area contributed by atoms with Crippen molar-refractivity contribution in [3.05, 3.63) is 29.8 Å². The molecule has 0 N–H and O–H groups in total. The Morgan fingerprint density at radius 3 is 2.39 bits per heavy atom. The minimum absolute atomic E-state index is 0.152. The van der Waals surface area contributed by atoms with E-state index in [9.17, 15) is 4.79 Å². The highest BCUT2D eigenvalue weighted by Gasteiger charge is 2.39. The molecule has 3 heteroatoms. The lowest BCUT2D eigenvalue weighted by atomic mass is 9.76. The largest absolute Gasteiger partial charge is 0.494 e. The second-order valence-corrected chi connectivity index (χ2v) is 4.80. The van der Waals surface area contributed by atoms with Gasteiger partial charge >= 0.3 is 0 Å². The fraction of sp³-hybridized carbons (Fsp3) is 0.533. The van der Waals surface area contributed by atoms with Crippen LogP contribution in [0.4, 0.5) is 0 Å². The van der Waals surface area contributed by atoms with Crippen molar-refractivity contribution >= 4 is 5.78 Å². The highest BCUT2D eigenvalue weighted by Crippen LogP contribution is 2.38. The van der Waals surface area contributed by atoms with E-state index in [0.29, 0.717) is 13.0 Å². The van der Waals surface area contributed by atoms with Gasteiger partial charge in [0.2, 0.25) is 0 Å². The van der Waals surface area contributed by atoms with Gasteiger partial charge in [-0.15, -0.1) is 0 Å². The summed E-state index contributed by atoms with van der Waals surface area (Å²) >= 11 is 0. The molecule has 1 aromatic carbocycles. The van der Waals surface area contributed by atoms with Gasteiger partial charge < -0.3 is 9.47 Å². The van der Waals surface area contributed by atoms with E-state index < -0.39 is 0 Å². The molecule has 0 amide bonds. The molecule has 0 aromatic heterocycles. The number of benzene rings is 1. The Bertz CT molecular complexity index is 399. The number of Topliss-reactive ketones (excluding diaryl/α,β-unsaturated/α-hetero) is 1. The maximum Gasteiger partial charge on any atom is 0.165 e. The van der Waals surface area contributed by atoms with Gasteiger partial charge in [0, 0.05) is 19.1 Å². The molecule has 0 atom stereocenters. The molecule has 1 aliphatic rings. The smallest absolute Gasteiger partial charge is 0.165 e. The minimum Gasteiger partial charge on any atom is -0.494 e. The summed E-state index contributed by atoms with van der Waals surface area (Å²) in [5.74, 6) is 0.957. The monoisotopic (exact) mass is 248 g/mol. The van der Waals surface area contributed by atoms with E-state index in [2.05, 4.69) is 0 Å². The highest BCUT2D eigenvalue weighted by atomic mass is 16.5. The van der Waals surface area contributed by atoms with Crippen LogP contribution in [-0.4, -0.2) is 25.1 Å². The van der Waals surface area contributed by atoms with E-state index in [-0.39, 0.29) is 11.4 Å². The van der Waals surface area contributed by atoms with Crippen molar-refractivity contribution in [3.63, 3.8) is 0 Å². The summed E-state index contributed by atoms with van der Waals surface area (Å²) in [7, 11) is 1.70. The van der Waals surface area contributed by atoms with Crippen LogP contribution in [-0.2, 0) is 4.74 Å². The van der Waals surface area contributed by atoms with Crippen molar-refractivity contribution in [2.45, 2.75) is 38.2 Å². The van der Waals surface area contributed by atoms with E-state index in [1.54, 1.807) is 7.11 Å². The molecule has 0 heterocycles. The number of carbonyl (C=O) groups is 1. The van der Waals surface area contributed by atoms with Gasteiger partial charge in [-0.1, -0.05) is 0 Å². The molecule has 0 aliphatic heterocycles. The van der Waals surface area contributed by atoms with Crippen LogP contribution in [0.1, 0.15) is 43.0 Å². The summed E-state index contributed by atoms with van der Waals surface area (Å²) in [5.41, 5.74) is 0.539. The lowest BCUT2D eigenvalue weighted by Crippen LogP contribution is -2.41. The molecule has 0 unspecified atom stereocenters. The van der Waals surface area contributed by atoms with Gasteiger partial charge in [-0.2, -0.15) is 0 Å². The number of methoxy groups -OCH3 is 1. The zero-order valence-corrected chi connectivity index (χ0v) is 11.1. The summed E-state index contributed by atoms with van der Waals surface area (Å²) in [6.07, 6.45) is 3.63. The lowest BCUT2D eigenvalue weighted by Gasteiger charge is -2.40. The zero-order valence-electron chi connectivity index (χ0n) is 11.1. The first-order chi connectivity index (χ1) is 8.69. The maximum absolute atomic E-state index is 12.2. The first-order valence-corrected chi connectivity index (χ1v) is 6.50. The van der Waals surface area contributed by atoms with Crippen molar-refractivity contribution < 1.29 is 14.3 Å². The van der Waals surface area contributed by atoms with Crippen LogP contribution in [0.15, 0.2) is 24.3 Å². The quantitative estimate of drug-likeness (QED) is 0.725. The molecule has 3 nitrogen and oxygen atoms in total. The molecular weight excluding hydrogens is 228 g/mol. The SMILES string of the molecule is CCOc1ccc(C(=O)CC2(OC)CCC2)cc1. The van der Waals surface area contributed by atoms with E-state index in [4.69, 9.17) is 9.47 Å². The van der Waals surface area contributed by atoms with Crippen LogP contribution in [0, 0.1) is 0 Å². The van der Waals surface area contributed by atoms with Gasteiger partial charge in [-0.05, 0) is 50.5 Å². The minimum atomic E-state index is -0.199. The average molecular weight is 248 g/mol. The van der Waals surface area contributed by atoms with Crippen molar-refractivity contribution in [1.82, 2.24) is 0 Å². The van der Waals surface area contributed by atoms with Crippen LogP contribution in [0.25, 0.3) is 0 Å². The summed E-state index contributed by atoms with van der Waals surface area (Å²) in [6, 6.07) is 7.35. The maximum atomic E-state index is 12.2. The molecule has 1 saturated carbocycles. The average Bonchev–Trinajstić information content (AvgIpc) is 2.35. The topological polar surface area (TPSA) is 35.5 Å². The molecule has 0 radical (unpaired) electrons. The van der Waals surface area contributed by atoms with Crippen LogP contribution in [0.5, 0.6) is 5.75 Å². The second kappa shape index (κ2) is 5.53. The Morgan fingerprint density at radius 2 is 1.94 bits per heavy atom. The van der Waals surface area contributed by atoms with E-state index in [0.717, 1.165) is 30.6 Å². The van der Waals surface area contributed by atoms with Gasteiger partial charge in [0.25, 0.3) is 0 Å². The summed E-state index contributed by atoms with van der Waals surface area (Å²) < 4.78 is 10.8. The van der Waals surface area contributed by atoms with Crippen LogP contribution in [0.2, 0.25) is 0 Å². The van der Waals surface area contributed by atoms with Crippen molar-refractivity contribution in [2.24, 2.45) is 0 Å². The number of ether oxygens (including phenoxy) is 2. The second-order valence-electron chi connectivity index (χ2n) is 4.80. The molecule has 18 heavy (non-hydrogen) atoms. The zero-order chi connectivity index (χ0) is 13.0. The molecule has 1 aromatic rings. The fourth-order valence-corrected chi connectivity index (χ4v) is 2.32. The van der Waals surface area contributed by atoms with Gasteiger partial charge in [0.15, 0.2) is 5.78 Å². The molecule has 1 fully saturated rings. The summed E-state index contributed by atoms with van der Waals surface area (Å²) in [5, 5.41) is 0. The lowest BCUT2D eigenvalue weighted by molar-refractivity contribution is -0.0704. The normalized spacial score (nSPS) is 17.0. The number of rotatable bonds is 6. The number of hydrogen-bond donors (Lipinski definition) is 0. The molecule has 0 spiro atoms. The van der Waals surface area contributed by atoms with Crippen LogP contribution >= 0.6 is 0 Å². The van der Waals surface area contributed by atoms with Crippen LogP contribution in [0.3, 0.4) is 0 Å². The molecule has 2 rings (SSSR count). The highest BCUT2D eigenvalue weighted by molar-refractivity contribution is 5.96. The number of carbonyl (C=O) groups excluding carboxylic acids is 1. The van der Waals surface area contributed by atoms with E-state index in [1.807, 2.05) is 31.2 Å². The Morgan fingerprint density at radius 1 is 1.28 bits per heavy atom. The standard InChI is InChI=1S/C15H20O3/c1-3-18-13-7-5-12(6-8-13)14(16)11-15(17-2)9-4-10-15/h5-8H,3-4,9-11H2,1-2H3. The van der Waals surface area contributed by atoms with Crippen LogP contribution < -0.4 is 4.74 Å². The van der Waals surface area contributed by atoms with Gasteiger partial charge in [0.1, 0.15) is 5.75 Å². The summed E-state index contributed by atoms with van der Waals surface area (Å²) in [4.78, 5) is 12.2.